The lowest BCUT2D eigenvalue weighted by Gasteiger charge is -2.24. The van der Waals surface area contributed by atoms with Crippen molar-refractivity contribution >= 4 is 23.2 Å². The third kappa shape index (κ3) is 4.02. The quantitative estimate of drug-likeness (QED) is 0.852. The third-order valence-corrected chi connectivity index (χ3v) is 3.06. The lowest BCUT2D eigenvalue weighted by molar-refractivity contribution is 0.350. The van der Waals surface area contributed by atoms with Crippen LogP contribution in [-0.4, -0.2) is 13.6 Å². The first-order valence-corrected chi connectivity index (χ1v) is 5.79. The normalized spacial score (nSPS) is 11.8. The summed E-state index contributed by atoms with van der Waals surface area (Å²) in [7, 11) is 1.97. The Morgan fingerprint density at radius 3 is 2.40 bits per heavy atom. The molecule has 0 aliphatic heterocycles. The molecule has 0 saturated carbocycles. The second-order valence-electron chi connectivity index (χ2n) is 4.62. The topological polar surface area (TPSA) is 12.0 Å². The van der Waals surface area contributed by atoms with Crippen LogP contribution in [0.15, 0.2) is 18.2 Å². The number of nitrogens with one attached hydrogen (secondary N) is 1. The standard InChI is InChI=1S/C12H17Cl2N/c1-12(2,8-15-3)7-9-4-5-10(13)11(14)6-9/h4-6,15H,7-8H2,1-3H3. The van der Waals surface area contributed by atoms with Crippen LogP contribution in [0.4, 0.5) is 0 Å². The number of benzene rings is 1. The predicted octanol–water partition coefficient (Wildman–Crippen LogP) is 3.78. The van der Waals surface area contributed by atoms with Gasteiger partial charge in [-0.25, -0.2) is 0 Å². The van der Waals surface area contributed by atoms with E-state index in [-0.39, 0.29) is 5.41 Å². The maximum absolute atomic E-state index is 5.97. The zero-order chi connectivity index (χ0) is 11.5. The van der Waals surface area contributed by atoms with Crippen LogP contribution in [0.5, 0.6) is 0 Å². The molecule has 0 bridgehead atoms. The fourth-order valence-corrected chi connectivity index (χ4v) is 2.06. The second kappa shape index (κ2) is 5.20. The minimum Gasteiger partial charge on any atom is -0.319 e. The van der Waals surface area contributed by atoms with Gasteiger partial charge in [-0.05, 0) is 36.6 Å². The molecule has 1 nitrogen and oxygen atoms in total. The van der Waals surface area contributed by atoms with Gasteiger partial charge in [-0.1, -0.05) is 43.1 Å². The van der Waals surface area contributed by atoms with Crippen LogP contribution in [0, 0.1) is 5.41 Å². The second-order valence-corrected chi connectivity index (χ2v) is 5.43. The predicted molar refractivity (Wildman–Crippen MR) is 67.9 cm³/mol. The van der Waals surface area contributed by atoms with Crippen molar-refractivity contribution in [3.05, 3.63) is 33.8 Å². The highest BCUT2D eigenvalue weighted by Gasteiger charge is 2.17. The first kappa shape index (κ1) is 12.8. The van der Waals surface area contributed by atoms with Crippen LogP contribution in [0.25, 0.3) is 0 Å². The highest BCUT2D eigenvalue weighted by molar-refractivity contribution is 6.42. The molecule has 0 spiro atoms. The average Bonchev–Trinajstić information content (AvgIpc) is 2.10. The van der Waals surface area contributed by atoms with Crippen molar-refractivity contribution in [2.75, 3.05) is 13.6 Å². The summed E-state index contributed by atoms with van der Waals surface area (Å²) in [6.45, 7) is 5.44. The summed E-state index contributed by atoms with van der Waals surface area (Å²) in [6.07, 6.45) is 0.991. The molecule has 15 heavy (non-hydrogen) atoms. The van der Waals surface area contributed by atoms with Crippen molar-refractivity contribution in [1.29, 1.82) is 0 Å². The minimum atomic E-state index is 0.228. The summed E-state index contributed by atoms with van der Waals surface area (Å²) in [5.74, 6) is 0. The molecule has 1 N–H and O–H groups in total. The summed E-state index contributed by atoms with van der Waals surface area (Å²) in [4.78, 5) is 0. The Balaban J connectivity index is 2.76. The van der Waals surface area contributed by atoms with Crippen LogP contribution in [0.2, 0.25) is 10.0 Å². The molecular formula is C12H17Cl2N. The van der Waals surface area contributed by atoms with Crippen LogP contribution >= 0.6 is 23.2 Å². The van der Waals surface area contributed by atoms with Crippen molar-refractivity contribution in [1.82, 2.24) is 5.32 Å². The molecule has 0 aliphatic rings. The van der Waals surface area contributed by atoms with Gasteiger partial charge in [0.05, 0.1) is 10.0 Å². The molecule has 0 aliphatic carbocycles. The molecule has 0 fully saturated rings. The van der Waals surface area contributed by atoms with E-state index >= 15 is 0 Å². The van der Waals surface area contributed by atoms with E-state index in [0.717, 1.165) is 13.0 Å². The average molecular weight is 246 g/mol. The Kier molecular flexibility index (Phi) is 4.45. The number of halogens is 2. The van der Waals surface area contributed by atoms with Gasteiger partial charge in [0.15, 0.2) is 0 Å². The first-order valence-electron chi connectivity index (χ1n) is 5.03. The highest BCUT2D eigenvalue weighted by Crippen LogP contribution is 2.27. The molecule has 0 heterocycles. The summed E-state index contributed by atoms with van der Waals surface area (Å²) in [6, 6.07) is 5.83. The van der Waals surface area contributed by atoms with E-state index in [1.807, 2.05) is 25.2 Å². The molecular weight excluding hydrogens is 229 g/mol. The summed E-state index contributed by atoms with van der Waals surface area (Å²) >= 11 is 11.8. The van der Waals surface area contributed by atoms with Gasteiger partial charge in [-0.3, -0.25) is 0 Å². The summed E-state index contributed by atoms with van der Waals surface area (Å²) in [5.41, 5.74) is 1.45. The van der Waals surface area contributed by atoms with Gasteiger partial charge in [-0.2, -0.15) is 0 Å². The fraction of sp³-hybridized carbons (Fsp3) is 0.500. The van der Waals surface area contributed by atoms with Crippen LogP contribution in [-0.2, 0) is 6.42 Å². The van der Waals surface area contributed by atoms with Crippen molar-refractivity contribution in [3.8, 4) is 0 Å². The molecule has 1 aromatic carbocycles. The van der Waals surface area contributed by atoms with Crippen LogP contribution in [0.1, 0.15) is 19.4 Å². The van der Waals surface area contributed by atoms with Gasteiger partial charge in [-0.15, -0.1) is 0 Å². The smallest absolute Gasteiger partial charge is 0.0595 e. The Bertz CT molecular complexity index is 334. The lowest BCUT2D eigenvalue weighted by Crippen LogP contribution is -2.28. The number of hydrogen-bond donors (Lipinski definition) is 1. The van der Waals surface area contributed by atoms with Crippen molar-refractivity contribution in [3.63, 3.8) is 0 Å². The van der Waals surface area contributed by atoms with Crippen molar-refractivity contribution in [2.24, 2.45) is 5.41 Å². The van der Waals surface area contributed by atoms with E-state index in [2.05, 4.69) is 19.2 Å². The van der Waals surface area contributed by atoms with E-state index in [4.69, 9.17) is 23.2 Å². The molecule has 0 amide bonds. The highest BCUT2D eigenvalue weighted by atomic mass is 35.5. The minimum absolute atomic E-state index is 0.228. The summed E-state index contributed by atoms with van der Waals surface area (Å²) < 4.78 is 0. The zero-order valence-electron chi connectivity index (χ0n) is 9.40. The Morgan fingerprint density at radius 1 is 1.20 bits per heavy atom. The maximum Gasteiger partial charge on any atom is 0.0595 e. The summed E-state index contributed by atoms with van der Waals surface area (Å²) in [5, 5.41) is 4.45. The molecule has 1 rings (SSSR count). The van der Waals surface area contributed by atoms with Crippen molar-refractivity contribution < 1.29 is 0 Å². The molecule has 0 saturated heterocycles. The van der Waals surface area contributed by atoms with Gasteiger partial charge >= 0.3 is 0 Å². The molecule has 0 unspecified atom stereocenters. The monoisotopic (exact) mass is 245 g/mol. The fourth-order valence-electron chi connectivity index (χ4n) is 1.74. The molecule has 84 valence electrons. The van der Waals surface area contributed by atoms with Crippen LogP contribution < -0.4 is 5.32 Å². The Hall–Kier alpha value is -0.240. The van der Waals surface area contributed by atoms with Crippen molar-refractivity contribution in [2.45, 2.75) is 20.3 Å². The van der Waals surface area contributed by atoms with E-state index in [1.165, 1.54) is 5.56 Å². The lowest BCUT2D eigenvalue weighted by atomic mass is 9.86. The van der Waals surface area contributed by atoms with Gasteiger partial charge in [0.2, 0.25) is 0 Å². The third-order valence-electron chi connectivity index (χ3n) is 2.32. The molecule has 0 atom stereocenters. The Labute approximate surface area is 102 Å². The molecule has 0 aromatic heterocycles. The zero-order valence-corrected chi connectivity index (χ0v) is 10.9. The van der Waals surface area contributed by atoms with Gasteiger partial charge in [0, 0.05) is 6.54 Å². The maximum atomic E-state index is 5.97. The van der Waals surface area contributed by atoms with Gasteiger partial charge in [0.25, 0.3) is 0 Å². The van der Waals surface area contributed by atoms with E-state index in [0.29, 0.717) is 10.0 Å². The Morgan fingerprint density at radius 2 is 1.87 bits per heavy atom. The molecule has 0 radical (unpaired) electrons. The SMILES string of the molecule is CNCC(C)(C)Cc1ccc(Cl)c(Cl)c1. The number of hydrogen-bond acceptors (Lipinski definition) is 1. The number of rotatable bonds is 4. The molecule has 1 aromatic rings. The molecule has 3 heteroatoms. The van der Waals surface area contributed by atoms with Crippen LogP contribution in [0.3, 0.4) is 0 Å². The van der Waals surface area contributed by atoms with E-state index in [1.54, 1.807) is 0 Å². The van der Waals surface area contributed by atoms with E-state index < -0.39 is 0 Å². The van der Waals surface area contributed by atoms with E-state index in [9.17, 15) is 0 Å². The first-order chi connectivity index (χ1) is 6.94. The van der Waals surface area contributed by atoms with Gasteiger partial charge < -0.3 is 5.32 Å². The largest absolute Gasteiger partial charge is 0.319 e. The van der Waals surface area contributed by atoms with Gasteiger partial charge in [0.1, 0.15) is 0 Å².